The zero-order valence-corrected chi connectivity index (χ0v) is 11.5. The number of amides is 1. The number of halogens is 3. The number of nitrogens with one attached hydrogen (secondary N) is 1. The van der Waals surface area contributed by atoms with Crippen LogP contribution in [0.25, 0.3) is 0 Å². The summed E-state index contributed by atoms with van der Waals surface area (Å²) in [6, 6.07) is 6.58. The van der Waals surface area contributed by atoms with Gasteiger partial charge in [0.15, 0.2) is 0 Å². The molecule has 0 aliphatic heterocycles. The summed E-state index contributed by atoms with van der Waals surface area (Å²) in [5, 5.41) is 11.6. The van der Waals surface area contributed by atoms with Gasteiger partial charge in [0.05, 0.1) is 12.5 Å². The van der Waals surface area contributed by atoms with Crippen molar-refractivity contribution in [2.24, 2.45) is 5.92 Å². The molecule has 0 heterocycles. The fourth-order valence-electron chi connectivity index (χ4n) is 1.93. The lowest BCUT2D eigenvalue weighted by atomic mass is 10.1. The third-order valence-corrected chi connectivity index (χ3v) is 3.08. The number of benzene rings is 1. The van der Waals surface area contributed by atoms with E-state index in [9.17, 15) is 18.0 Å². The summed E-state index contributed by atoms with van der Waals surface area (Å²) in [5.74, 6) is -2.22. The van der Waals surface area contributed by atoms with Gasteiger partial charge in [0.25, 0.3) is 5.91 Å². The Balaban J connectivity index is 2.10. The third kappa shape index (κ3) is 4.08. The van der Waals surface area contributed by atoms with Gasteiger partial charge in [-0.05, 0) is 23.8 Å². The number of anilines is 1. The largest absolute Gasteiger partial charge is 0.398 e. The Hall–Kier alpha value is -2.34. The first-order valence-electron chi connectivity index (χ1n) is 6.54. The average Bonchev–Trinajstić information content (AvgIpc) is 2.73. The van der Waals surface area contributed by atoms with Crippen LogP contribution >= 0.6 is 0 Å². The Morgan fingerprint density at radius 2 is 2.05 bits per heavy atom. The quantitative estimate of drug-likeness (QED) is 0.899. The Morgan fingerprint density at radius 1 is 1.27 bits per heavy atom. The van der Waals surface area contributed by atoms with Gasteiger partial charge in [-0.1, -0.05) is 36.4 Å². The van der Waals surface area contributed by atoms with Crippen molar-refractivity contribution in [3.8, 4) is 0 Å². The van der Waals surface area contributed by atoms with Crippen LogP contribution in [0.3, 0.4) is 0 Å². The molecule has 0 saturated heterocycles. The number of hydrogen-bond acceptors (Lipinski definition) is 2. The maximum Gasteiger partial charge on any atom is 0.398 e. The van der Waals surface area contributed by atoms with Crippen molar-refractivity contribution < 1.29 is 23.1 Å². The SMILES string of the molecule is O=C(Nc1cccc(CO)c1)C1=CC=CC(C(F)(F)F)C=C1. The number of allylic oxidation sites excluding steroid dienone is 4. The monoisotopic (exact) mass is 309 g/mol. The number of alkyl halides is 3. The van der Waals surface area contributed by atoms with Crippen molar-refractivity contribution in [2.45, 2.75) is 12.8 Å². The van der Waals surface area contributed by atoms with Gasteiger partial charge in [0.2, 0.25) is 0 Å². The van der Waals surface area contributed by atoms with Crippen molar-refractivity contribution in [3.05, 3.63) is 65.8 Å². The molecule has 0 bridgehead atoms. The molecule has 0 radical (unpaired) electrons. The third-order valence-electron chi connectivity index (χ3n) is 3.08. The highest BCUT2D eigenvalue weighted by Gasteiger charge is 2.36. The van der Waals surface area contributed by atoms with Gasteiger partial charge in [-0.2, -0.15) is 13.2 Å². The van der Waals surface area contributed by atoms with E-state index in [0.717, 1.165) is 18.2 Å². The van der Waals surface area contributed by atoms with Gasteiger partial charge < -0.3 is 10.4 Å². The molecular formula is C16H14F3NO2. The first-order valence-corrected chi connectivity index (χ1v) is 6.54. The lowest BCUT2D eigenvalue weighted by molar-refractivity contribution is -0.148. The van der Waals surface area contributed by atoms with Crippen LogP contribution in [0.2, 0.25) is 0 Å². The minimum absolute atomic E-state index is 0.123. The lowest BCUT2D eigenvalue weighted by Crippen LogP contribution is -2.18. The lowest BCUT2D eigenvalue weighted by Gasteiger charge is -2.11. The standard InChI is InChI=1S/C16H14F3NO2/c17-16(18,19)13-5-2-4-12(7-8-13)15(22)20-14-6-1-3-11(9-14)10-21/h1-9,13,21H,10H2,(H,20,22). The van der Waals surface area contributed by atoms with Crippen molar-refractivity contribution in [3.63, 3.8) is 0 Å². The second-order valence-corrected chi connectivity index (χ2v) is 4.75. The van der Waals surface area contributed by atoms with E-state index in [1.165, 1.54) is 12.2 Å². The second-order valence-electron chi connectivity index (χ2n) is 4.75. The molecule has 22 heavy (non-hydrogen) atoms. The Bertz CT molecular complexity index is 645. The molecule has 116 valence electrons. The maximum atomic E-state index is 12.6. The summed E-state index contributed by atoms with van der Waals surface area (Å²) < 4.78 is 37.9. The Morgan fingerprint density at radius 3 is 2.73 bits per heavy atom. The molecule has 2 rings (SSSR count). The number of hydrogen-bond donors (Lipinski definition) is 2. The van der Waals surface area contributed by atoms with Crippen LogP contribution in [0.1, 0.15) is 5.56 Å². The van der Waals surface area contributed by atoms with E-state index < -0.39 is 18.0 Å². The smallest absolute Gasteiger partial charge is 0.392 e. The Kier molecular flexibility index (Phi) is 4.82. The molecule has 1 aromatic rings. The van der Waals surface area contributed by atoms with E-state index in [4.69, 9.17) is 5.11 Å². The number of rotatable bonds is 3. The van der Waals surface area contributed by atoms with Crippen molar-refractivity contribution in [1.29, 1.82) is 0 Å². The van der Waals surface area contributed by atoms with E-state index in [-0.39, 0.29) is 12.2 Å². The first kappa shape index (κ1) is 16.0. The zero-order chi connectivity index (χ0) is 16.2. The van der Waals surface area contributed by atoms with Gasteiger partial charge in [-0.15, -0.1) is 0 Å². The molecule has 0 fully saturated rings. The van der Waals surface area contributed by atoms with Crippen LogP contribution in [0.4, 0.5) is 18.9 Å². The summed E-state index contributed by atoms with van der Waals surface area (Å²) in [6.45, 7) is -0.164. The maximum absolute atomic E-state index is 12.6. The van der Waals surface area contributed by atoms with Crippen molar-refractivity contribution in [2.75, 3.05) is 5.32 Å². The second kappa shape index (κ2) is 6.62. The van der Waals surface area contributed by atoms with Crippen LogP contribution in [0.15, 0.2) is 60.2 Å². The van der Waals surface area contributed by atoms with Crippen LogP contribution < -0.4 is 5.32 Å². The highest BCUT2D eigenvalue weighted by Crippen LogP contribution is 2.30. The number of aliphatic hydroxyl groups excluding tert-OH is 1. The topological polar surface area (TPSA) is 49.3 Å². The van der Waals surface area contributed by atoms with Gasteiger partial charge in [-0.25, -0.2) is 0 Å². The molecular weight excluding hydrogens is 295 g/mol. The fourth-order valence-corrected chi connectivity index (χ4v) is 1.93. The molecule has 6 heteroatoms. The van der Waals surface area contributed by atoms with E-state index in [0.29, 0.717) is 11.3 Å². The highest BCUT2D eigenvalue weighted by atomic mass is 19.4. The van der Waals surface area contributed by atoms with Gasteiger partial charge in [0.1, 0.15) is 0 Å². The predicted molar refractivity (Wildman–Crippen MR) is 76.9 cm³/mol. The molecule has 1 aromatic carbocycles. The summed E-state index contributed by atoms with van der Waals surface area (Å²) >= 11 is 0. The van der Waals surface area contributed by atoms with Gasteiger partial charge in [-0.3, -0.25) is 4.79 Å². The van der Waals surface area contributed by atoms with E-state index in [1.54, 1.807) is 24.3 Å². The number of aliphatic hydroxyl groups is 1. The first-order chi connectivity index (χ1) is 10.4. The minimum Gasteiger partial charge on any atom is -0.392 e. The average molecular weight is 309 g/mol. The highest BCUT2D eigenvalue weighted by molar-refractivity contribution is 6.06. The molecule has 3 nitrogen and oxygen atoms in total. The molecule has 0 spiro atoms. The van der Waals surface area contributed by atoms with E-state index in [1.807, 2.05) is 0 Å². The van der Waals surface area contributed by atoms with Crippen LogP contribution in [-0.4, -0.2) is 17.2 Å². The molecule has 0 saturated carbocycles. The normalized spacial score (nSPS) is 17.8. The van der Waals surface area contributed by atoms with E-state index >= 15 is 0 Å². The predicted octanol–water partition coefficient (Wildman–Crippen LogP) is 3.35. The fraction of sp³-hybridized carbons (Fsp3) is 0.188. The van der Waals surface area contributed by atoms with Crippen LogP contribution in [-0.2, 0) is 11.4 Å². The van der Waals surface area contributed by atoms with Crippen LogP contribution in [0.5, 0.6) is 0 Å². The summed E-state index contributed by atoms with van der Waals surface area (Å²) in [4.78, 5) is 12.1. The number of carbonyl (C=O) groups is 1. The number of carbonyl (C=O) groups excluding carboxylic acids is 1. The molecule has 1 unspecified atom stereocenters. The zero-order valence-electron chi connectivity index (χ0n) is 11.5. The molecule has 2 N–H and O–H groups in total. The van der Waals surface area contributed by atoms with Crippen LogP contribution in [0, 0.1) is 5.92 Å². The summed E-state index contributed by atoms with van der Waals surface area (Å²) in [6.07, 6.45) is 1.26. The van der Waals surface area contributed by atoms with Gasteiger partial charge >= 0.3 is 6.18 Å². The van der Waals surface area contributed by atoms with Gasteiger partial charge in [0, 0.05) is 11.3 Å². The molecule has 1 aliphatic carbocycles. The van der Waals surface area contributed by atoms with Crippen molar-refractivity contribution in [1.82, 2.24) is 0 Å². The molecule has 0 aromatic heterocycles. The van der Waals surface area contributed by atoms with Crippen molar-refractivity contribution >= 4 is 11.6 Å². The molecule has 1 aliphatic rings. The minimum atomic E-state index is -4.37. The Labute approximate surface area is 125 Å². The summed E-state index contributed by atoms with van der Waals surface area (Å²) in [5.41, 5.74) is 1.21. The summed E-state index contributed by atoms with van der Waals surface area (Å²) in [7, 11) is 0. The van der Waals surface area contributed by atoms with E-state index in [2.05, 4.69) is 5.32 Å². The molecule has 1 amide bonds. The molecule has 1 atom stereocenters.